The van der Waals surface area contributed by atoms with E-state index in [-0.39, 0.29) is 23.2 Å². The number of amides is 1. The lowest BCUT2D eigenvalue weighted by molar-refractivity contribution is -0.137. The first-order chi connectivity index (χ1) is 9.72. The lowest BCUT2D eigenvalue weighted by Crippen LogP contribution is -2.47. The molecule has 0 saturated heterocycles. The summed E-state index contributed by atoms with van der Waals surface area (Å²) < 4.78 is 0. The smallest absolute Gasteiger partial charge is 0.304 e. The number of nitrogens with one attached hydrogen (secondary N) is 1. The van der Waals surface area contributed by atoms with E-state index in [2.05, 4.69) is 33.0 Å². The van der Waals surface area contributed by atoms with Crippen molar-refractivity contribution in [3.05, 3.63) is 0 Å². The first-order valence-electron chi connectivity index (χ1n) is 7.46. The molecule has 21 heavy (non-hydrogen) atoms. The second kappa shape index (κ2) is 7.77. The van der Waals surface area contributed by atoms with E-state index in [4.69, 9.17) is 5.11 Å². The van der Waals surface area contributed by atoms with Crippen LogP contribution in [0.1, 0.15) is 47.0 Å². The molecule has 0 spiro atoms. The van der Waals surface area contributed by atoms with Crippen LogP contribution in [0, 0.1) is 16.7 Å². The Bertz CT molecular complexity index is 387. The number of hydrogen-bond donors (Lipinski definition) is 2. The molecule has 0 aromatic heterocycles. The largest absolute Gasteiger partial charge is 0.481 e. The van der Waals surface area contributed by atoms with E-state index in [9.17, 15) is 9.59 Å². The van der Waals surface area contributed by atoms with Crippen LogP contribution in [-0.2, 0) is 9.59 Å². The molecule has 0 heterocycles. The van der Waals surface area contributed by atoms with Crippen molar-refractivity contribution in [2.75, 3.05) is 18.1 Å². The predicted molar refractivity (Wildman–Crippen MR) is 90.5 cm³/mol. The predicted octanol–water partition coefficient (Wildman–Crippen LogP) is 3.42. The van der Waals surface area contributed by atoms with Crippen molar-refractivity contribution < 1.29 is 14.7 Å². The van der Waals surface area contributed by atoms with E-state index in [1.165, 1.54) is 0 Å². The van der Waals surface area contributed by atoms with Gasteiger partial charge in [-0.2, -0.15) is 0 Å². The number of carboxylic acid groups (broad SMARTS) is 1. The number of carbonyl (C=O) groups excluding carboxylic acids is 1. The molecule has 0 aliphatic heterocycles. The zero-order chi connectivity index (χ0) is 16.1. The Morgan fingerprint density at radius 2 is 1.86 bits per heavy atom. The van der Waals surface area contributed by atoms with E-state index < -0.39 is 5.97 Å². The highest BCUT2D eigenvalue weighted by atomic mass is 33.1. The number of carbonyl (C=O) groups is 2. The van der Waals surface area contributed by atoms with Gasteiger partial charge in [-0.1, -0.05) is 49.3 Å². The number of carboxylic acids is 1. The van der Waals surface area contributed by atoms with Crippen molar-refractivity contribution in [2.45, 2.75) is 47.0 Å². The van der Waals surface area contributed by atoms with Crippen LogP contribution in [0.3, 0.4) is 0 Å². The third-order valence-electron chi connectivity index (χ3n) is 5.19. The van der Waals surface area contributed by atoms with Crippen LogP contribution in [0.2, 0.25) is 0 Å². The summed E-state index contributed by atoms with van der Waals surface area (Å²) in [6.07, 6.45) is 2.25. The summed E-state index contributed by atoms with van der Waals surface area (Å²) >= 11 is 0. The van der Waals surface area contributed by atoms with Crippen LogP contribution >= 0.6 is 21.6 Å². The summed E-state index contributed by atoms with van der Waals surface area (Å²) in [5, 5.41) is 11.6. The Kier molecular flexibility index (Phi) is 6.91. The van der Waals surface area contributed by atoms with Crippen molar-refractivity contribution in [3.8, 4) is 0 Å². The summed E-state index contributed by atoms with van der Waals surface area (Å²) in [6, 6.07) is 0. The monoisotopic (exact) mass is 333 g/mol. The Balaban J connectivity index is 2.27. The first-order valence-corrected chi connectivity index (χ1v) is 9.95. The van der Waals surface area contributed by atoms with Gasteiger partial charge >= 0.3 is 5.97 Å². The van der Waals surface area contributed by atoms with Gasteiger partial charge in [-0.15, -0.1) is 0 Å². The highest BCUT2D eigenvalue weighted by molar-refractivity contribution is 8.76. The van der Waals surface area contributed by atoms with Gasteiger partial charge < -0.3 is 10.4 Å². The molecule has 2 atom stereocenters. The molecule has 0 aromatic carbocycles. The van der Waals surface area contributed by atoms with E-state index >= 15 is 0 Å². The average molecular weight is 334 g/mol. The van der Waals surface area contributed by atoms with E-state index in [0.29, 0.717) is 18.2 Å². The van der Waals surface area contributed by atoms with Crippen molar-refractivity contribution in [3.63, 3.8) is 0 Å². The van der Waals surface area contributed by atoms with E-state index in [0.717, 1.165) is 18.6 Å². The quantitative estimate of drug-likeness (QED) is 0.526. The number of hydrogen-bond acceptors (Lipinski definition) is 4. The molecule has 2 N–H and O–H groups in total. The summed E-state index contributed by atoms with van der Waals surface area (Å²) in [4.78, 5) is 22.9. The van der Waals surface area contributed by atoms with Gasteiger partial charge in [0, 0.05) is 18.1 Å². The first kappa shape index (κ1) is 18.7. The normalized spacial score (nSPS) is 27.5. The molecule has 1 aliphatic rings. The van der Waals surface area contributed by atoms with Crippen molar-refractivity contribution >= 4 is 33.5 Å². The molecule has 4 nitrogen and oxygen atoms in total. The fraction of sp³-hybridized carbons (Fsp3) is 0.867. The second-order valence-electron chi connectivity index (χ2n) is 6.54. The van der Waals surface area contributed by atoms with Crippen molar-refractivity contribution in [1.82, 2.24) is 5.32 Å². The van der Waals surface area contributed by atoms with Gasteiger partial charge in [0.15, 0.2) is 0 Å². The number of rotatable bonds is 8. The minimum absolute atomic E-state index is 0.0282. The molecule has 1 aliphatic carbocycles. The van der Waals surface area contributed by atoms with Gasteiger partial charge in [0.2, 0.25) is 5.91 Å². The van der Waals surface area contributed by atoms with Crippen LogP contribution in [0.4, 0.5) is 0 Å². The second-order valence-corrected chi connectivity index (χ2v) is 9.24. The summed E-state index contributed by atoms with van der Waals surface area (Å²) in [6.45, 7) is 9.35. The topological polar surface area (TPSA) is 66.4 Å². The van der Waals surface area contributed by atoms with Gasteiger partial charge in [-0.05, 0) is 24.2 Å². The Labute approximate surface area is 135 Å². The van der Waals surface area contributed by atoms with Crippen LogP contribution in [0.25, 0.3) is 0 Å². The minimum Gasteiger partial charge on any atom is -0.481 e. The highest BCUT2D eigenvalue weighted by Gasteiger charge is 2.53. The molecule has 0 bridgehead atoms. The standard InChI is InChI=1S/C15H27NO3S2/c1-11-5-7-15(4,14(11,2)3)13(19)16-8-10-21-20-9-6-12(17)18/h11H,5-10H2,1-4H3,(H,16,19)(H,17,18)/t11-,15-/m0/s1. The van der Waals surface area contributed by atoms with Gasteiger partial charge in [0.05, 0.1) is 11.8 Å². The van der Waals surface area contributed by atoms with Gasteiger partial charge in [0.25, 0.3) is 0 Å². The van der Waals surface area contributed by atoms with Crippen molar-refractivity contribution in [1.29, 1.82) is 0 Å². The van der Waals surface area contributed by atoms with E-state index in [1.807, 2.05) is 0 Å². The van der Waals surface area contributed by atoms with Crippen LogP contribution in [0.5, 0.6) is 0 Å². The zero-order valence-corrected chi connectivity index (χ0v) is 15.0. The van der Waals surface area contributed by atoms with Crippen LogP contribution < -0.4 is 5.32 Å². The molecule has 0 unspecified atom stereocenters. The highest BCUT2D eigenvalue weighted by Crippen LogP contribution is 2.55. The molecule has 0 radical (unpaired) electrons. The van der Waals surface area contributed by atoms with Gasteiger partial charge in [-0.25, -0.2) is 0 Å². The lowest BCUT2D eigenvalue weighted by Gasteiger charge is -2.39. The average Bonchev–Trinajstić information content (AvgIpc) is 2.61. The summed E-state index contributed by atoms with van der Waals surface area (Å²) in [7, 11) is 3.17. The van der Waals surface area contributed by atoms with Crippen LogP contribution in [-0.4, -0.2) is 35.0 Å². The molecule has 0 aromatic rings. The zero-order valence-electron chi connectivity index (χ0n) is 13.4. The van der Waals surface area contributed by atoms with Crippen molar-refractivity contribution in [2.24, 2.45) is 16.7 Å². The Morgan fingerprint density at radius 3 is 2.38 bits per heavy atom. The third kappa shape index (κ3) is 4.55. The minimum atomic E-state index is -0.762. The van der Waals surface area contributed by atoms with Crippen LogP contribution in [0.15, 0.2) is 0 Å². The maximum Gasteiger partial charge on any atom is 0.304 e. The summed E-state index contributed by atoms with van der Waals surface area (Å²) in [5.41, 5.74) is -0.256. The lowest BCUT2D eigenvalue weighted by atomic mass is 9.65. The molecule has 6 heteroatoms. The van der Waals surface area contributed by atoms with Gasteiger partial charge in [-0.3, -0.25) is 9.59 Å². The SMILES string of the molecule is C[C@H]1CC[C@@](C)(C(=O)NCCSSCCC(=O)O)C1(C)C. The molecule has 1 saturated carbocycles. The van der Waals surface area contributed by atoms with Gasteiger partial charge in [0.1, 0.15) is 0 Å². The maximum absolute atomic E-state index is 12.5. The fourth-order valence-electron chi connectivity index (χ4n) is 2.79. The fourth-order valence-corrected chi connectivity index (χ4v) is 4.67. The summed E-state index contributed by atoms with van der Waals surface area (Å²) in [5.74, 6) is 1.38. The van der Waals surface area contributed by atoms with E-state index in [1.54, 1.807) is 21.6 Å². The Hall–Kier alpha value is -0.360. The maximum atomic E-state index is 12.5. The molecule has 122 valence electrons. The molecular weight excluding hydrogens is 306 g/mol. The number of aliphatic carboxylic acids is 1. The molecule has 1 fully saturated rings. The Morgan fingerprint density at radius 1 is 1.24 bits per heavy atom. The molecule has 1 amide bonds. The molecule has 1 rings (SSSR count). The third-order valence-corrected chi connectivity index (χ3v) is 7.59. The molecular formula is C15H27NO3S2.